The summed E-state index contributed by atoms with van der Waals surface area (Å²) in [6.45, 7) is 0. The predicted octanol–water partition coefficient (Wildman–Crippen LogP) is 4.21. The SMILES string of the molecule is O=C1S/C(=C\c2cccc(F)c2)C(=O)N1c1ccccc1F. The number of hydrogen-bond donors (Lipinski definition) is 0. The van der Waals surface area contributed by atoms with Crippen molar-refractivity contribution < 1.29 is 18.4 Å². The Hall–Kier alpha value is -2.47. The van der Waals surface area contributed by atoms with Gasteiger partial charge in [-0.1, -0.05) is 24.3 Å². The highest BCUT2D eigenvalue weighted by atomic mass is 32.2. The molecule has 0 saturated carbocycles. The maximum atomic E-state index is 13.8. The van der Waals surface area contributed by atoms with Gasteiger partial charge in [0.15, 0.2) is 0 Å². The molecule has 0 N–H and O–H groups in total. The second-order valence-electron chi connectivity index (χ2n) is 4.52. The first-order chi connectivity index (χ1) is 10.6. The van der Waals surface area contributed by atoms with Crippen LogP contribution in [0.3, 0.4) is 0 Å². The van der Waals surface area contributed by atoms with Gasteiger partial charge in [0.2, 0.25) is 0 Å². The Morgan fingerprint density at radius 3 is 2.50 bits per heavy atom. The molecule has 1 saturated heterocycles. The molecule has 0 atom stereocenters. The fraction of sp³-hybridized carbons (Fsp3) is 0. The number of anilines is 1. The summed E-state index contributed by atoms with van der Waals surface area (Å²) in [5, 5.41) is -0.585. The number of carbonyl (C=O) groups is 2. The van der Waals surface area contributed by atoms with E-state index < -0.39 is 22.8 Å². The lowest BCUT2D eigenvalue weighted by molar-refractivity contribution is -0.113. The molecule has 3 rings (SSSR count). The summed E-state index contributed by atoms with van der Waals surface area (Å²) in [5.41, 5.74) is 0.367. The number of thioether (sulfide) groups is 1. The third-order valence-corrected chi connectivity index (χ3v) is 3.90. The normalized spacial score (nSPS) is 16.6. The van der Waals surface area contributed by atoms with Gasteiger partial charge in [-0.25, -0.2) is 13.7 Å². The van der Waals surface area contributed by atoms with Crippen molar-refractivity contribution in [2.24, 2.45) is 0 Å². The average molecular weight is 317 g/mol. The zero-order valence-electron chi connectivity index (χ0n) is 11.1. The first-order valence-corrected chi connectivity index (χ1v) is 7.16. The lowest BCUT2D eigenvalue weighted by Gasteiger charge is -2.12. The fourth-order valence-electron chi connectivity index (χ4n) is 2.06. The Kier molecular flexibility index (Phi) is 3.77. The second kappa shape index (κ2) is 5.73. The summed E-state index contributed by atoms with van der Waals surface area (Å²) in [7, 11) is 0. The number of rotatable bonds is 2. The van der Waals surface area contributed by atoms with E-state index in [4.69, 9.17) is 0 Å². The molecule has 0 aliphatic carbocycles. The Morgan fingerprint density at radius 1 is 1.00 bits per heavy atom. The molecule has 6 heteroatoms. The van der Waals surface area contributed by atoms with Crippen molar-refractivity contribution in [3.63, 3.8) is 0 Å². The van der Waals surface area contributed by atoms with E-state index >= 15 is 0 Å². The average Bonchev–Trinajstić information content (AvgIpc) is 2.74. The lowest BCUT2D eigenvalue weighted by atomic mass is 10.2. The van der Waals surface area contributed by atoms with Crippen molar-refractivity contribution in [1.29, 1.82) is 0 Å². The van der Waals surface area contributed by atoms with Crippen LogP contribution in [0.4, 0.5) is 19.3 Å². The molecule has 1 fully saturated rings. The van der Waals surface area contributed by atoms with Crippen molar-refractivity contribution in [3.8, 4) is 0 Å². The number of para-hydroxylation sites is 1. The van der Waals surface area contributed by atoms with Crippen LogP contribution >= 0.6 is 11.8 Å². The van der Waals surface area contributed by atoms with Gasteiger partial charge < -0.3 is 0 Å². The molecule has 2 aromatic rings. The quantitative estimate of drug-likeness (QED) is 0.779. The molecule has 0 aromatic heterocycles. The van der Waals surface area contributed by atoms with E-state index in [1.165, 1.54) is 48.5 Å². The van der Waals surface area contributed by atoms with E-state index in [-0.39, 0.29) is 10.6 Å². The first kappa shape index (κ1) is 14.5. The number of imide groups is 1. The highest BCUT2D eigenvalue weighted by Gasteiger charge is 2.37. The lowest BCUT2D eigenvalue weighted by Crippen LogP contribution is -2.28. The maximum absolute atomic E-state index is 13.8. The molecule has 1 heterocycles. The minimum Gasteiger partial charge on any atom is -0.268 e. The van der Waals surface area contributed by atoms with Crippen LogP contribution in [0.2, 0.25) is 0 Å². The minimum absolute atomic E-state index is 0.0901. The molecule has 1 aliphatic heterocycles. The number of amides is 2. The molecule has 3 nitrogen and oxygen atoms in total. The molecule has 1 aliphatic rings. The highest BCUT2D eigenvalue weighted by molar-refractivity contribution is 8.19. The van der Waals surface area contributed by atoms with Crippen LogP contribution < -0.4 is 4.90 Å². The molecular weight excluding hydrogens is 308 g/mol. The smallest absolute Gasteiger partial charge is 0.268 e. The van der Waals surface area contributed by atoms with Crippen molar-refractivity contribution in [1.82, 2.24) is 0 Å². The summed E-state index contributed by atoms with van der Waals surface area (Å²) >= 11 is 0.695. The Bertz CT molecular complexity index is 804. The summed E-state index contributed by atoms with van der Waals surface area (Å²) < 4.78 is 26.9. The zero-order valence-corrected chi connectivity index (χ0v) is 11.9. The number of hydrogen-bond acceptors (Lipinski definition) is 3. The van der Waals surface area contributed by atoms with E-state index in [9.17, 15) is 18.4 Å². The Labute approximate surface area is 129 Å². The van der Waals surface area contributed by atoms with Gasteiger partial charge in [0.1, 0.15) is 11.6 Å². The number of halogens is 2. The predicted molar refractivity (Wildman–Crippen MR) is 81.3 cm³/mol. The fourth-order valence-corrected chi connectivity index (χ4v) is 2.89. The van der Waals surface area contributed by atoms with Gasteiger partial charge in [-0.15, -0.1) is 0 Å². The van der Waals surface area contributed by atoms with Crippen LogP contribution in [0.25, 0.3) is 6.08 Å². The second-order valence-corrected chi connectivity index (χ2v) is 5.52. The van der Waals surface area contributed by atoms with Gasteiger partial charge >= 0.3 is 0 Å². The molecule has 2 aromatic carbocycles. The van der Waals surface area contributed by atoms with Gasteiger partial charge in [0, 0.05) is 0 Å². The van der Waals surface area contributed by atoms with E-state index in [0.29, 0.717) is 17.3 Å². The number of carbonyl (C=O) groups excluding carboxylic acids is 2. The largest absolute Gasteiger partial charge is 0.298 e. The summed E-state index contributed by atoms with van der Waals surface area (Å²) in [6.07, 6.45) is 1.41. The standard InChI is InChI=1S/C16H9F2NO2S/c17-11-5-3-4-10(8-11)9-14-15(20)19(16(21)22-14)13-7-2-1-6-12(13)18/h1-9H/b14-9-. The Balaban J connectivity index is 1.97. The third-order valence-electron chi connectivity index (χ3n) is 3.03. The highest BCUT2D eigenvalue weighted by Crippen LogP contribution is 2.36. The van der Waals surface area contributed by atoms with Crippen molar-refractivity contribution in [3.05, 3.63) is 70.6 Å². The molecule has 0 bridgehead atoms. The monoisotopic (exact) mass is 317 g/mol. The number of nitrogens with zero attached hydrogens (tertiary/aromatic N) is 1. The van der Waals surface area contributed by atoms with Crippen LogP contribution in [0.1, 0.15) is 5.56 Å². The maximum Gasteiger partial charge on any atom is 0.298 e. The van der Waals surface area contributed by atoms with E-state index in [1.807, 2.05) is 0 Å². The van der Waals surface area contributed by atoms with Crippen LogP contribution in [-0.4, -0.2) is 11.1 Å². The van der Waals surface area contributed by atoms with Crippen LogP contribution in [-0.2, 0) is 4.79 Å². The van der Waals surface area contributed by atoms with Gasteiger partial charge in [0.05, 0.1) is 10.6 Å². The zero-order chi connectivity index (χ0) is 15.7. The van der Waals surface area contributed by atoms with Crippen molar-refractivity contribution >= 4 is 34.7 Å². The van der Waals surface area contributed by atoms with Gasteiger partial charge in [0.25, 0.3) is 11.1 Å². The van der Waals surface area contributed by atoms with Gasteiger partial charge in [-0.05, 0) is 47.7 Å². The third kappa shape index (κ3) is 2.65. The molecule has 22 heavy (non-hydrogen) atoms. The molecular formula is C16H9F2NO2S. The van der Waals surface area contributed by atoms with Crippen LogP contribution in [0.15, 0.2) is 53.4 Å². The van der Waals surface area contributed by atoms with Crippen LogP contribution in [0.5, 0.6) is 0 Å². The van der Waals surface area contributed by atoms with E-state index in [2.05, 4.69) is 0 Å². The topological polar surface area (TPSA) is 37.4 Å². The number of benzene rings is 2. The molecule has 0 spiro atoms. The molecule has 0 unspecified atom stereocenters. The first-order valence-electron chi connectivity index (χ1n) is 6.34. The van der Waals surface area contributed by atoms with Gasteiger partial charge in [-0.3, -0.25) is 9.59 Å². The van der Waals surface area contributed by atoms with E-state index in [1.54, 1.807) is 6.07 Å². The summed E-state index contributed by atoms with van der Waals surface area (Å²) in [4.78, 5) is 25.2. The van der Waals surface area contributed by atoms with Gasteiger partial charge in [-0.2, -0.15) is 0 Å². The summed E-state index contributed by atoms with van der Waals surface area (Å²) in [5.74, 6) is -1.72. The molecule has 110 valence electrons. The van der Waals surface area contributed by atoms with Crippen LogP contribution in [0, 0.1) is 11.6 Å². The molecule has 2 amide bonds. The van der Waals surface area contributed by atoms with Crippen molar-refractivity contribution in [2.45, 2.75) is 0 Å². The molecule has 0 radical (unpaired) electrons. The minimum atomic E-state index is -0.656. The Morgan fingerprint density at radius 2 is 1.77 bits per heavy atom. The van der Waals surface area contributed by atoms with Crippen molar-refractivity contribution in [2.75, 3.05) is 4.90 Å². The van der Waals surface area contributed by atoms with E-state index in [0.717, 1.165) is 4.90 Å². The summed E-state index contributed by atoms with van der Waals surface area (Å²) in [6, 6.07) is 11.2.